The second-order valence-electron chi connectivity index (χ2n) is 29.2. The minimum absolute atomic E-state index is 0.200. The predicted octanol–water partition coefficient (Wildman–Crippen LogP) is 20.8. The van der Waals surface area contributed by atoms with Crippen LogP contribution in [0.1, 0.15) is 36.1 Å². The SMILES string of the molecule is CCOP(=O)(OCC)C1(C#N)C23c4c5c6c7c8c9c%10c(c%11c%12c2c2c4c4c%13c5c5c6c6c8c8c9c9c%14c%10c%11c%10c%11c%12c%12c2c2c4c4c%13c%13c5c5c6c6c8c8c9c9c%14c%10c%10c%11c%11c%12c2c2c4c4c%13c5c5c6c8c6c9c%10c8c%11c2c4c5c86)C731. The van der Waals surface area contributed by atoms with Crippen molar-refractivity contribution in [3.05, 3.63) is 22.3 Å². The van der Waals surface area contributed by atoms with Gasteiger partial charge >= 0.3 is 7.60 Å². The summed E-state index contributed by atoms with van der Waals surface area (Å²) in [6, 6.07) is 3.34. The van der Waals surface area contributed by atoms with Crippen LogP contribution in [-0.2, 0) is 24.4 Å². The van der Waals surface area contributed by atoms with Crippen molar-refractivity contribution in [1.29, 1.82) is 5.26 Å². The minimum Gasteiger partial charge on any atom is -0.308 e. The topological polar surface area (TPSA) is 59.3 Å². The molecule has 3 unspecified atom stereocenters. The Hall–Kier alpha value is -9.20. The van der Waals surface area contributed by atoms with Gasteiger partial charge in [0.15, 0.2) is 5.16 Å². The highest BCUT2D eigenvalue weighted by atomic mass is 31.2. The van der Waals surface area contributed by atoms with Crippen LogP contribution in [0.25, 0.3) is 345 Å². The highest BCUT2D eigenvalue weighted by Gasteiger charge is 3.01. The Labute approximate surface area is 440 Å². The van der Waals surface area contributed by atoms with E-state index in [-0.39, 0.29) is 13.2 Å². The number of hydrogen-bond acceptors (Lipinski definition) is 4. The maximum Gasteiger partial charge on any atom is 0.353 e. The van der Waals surface area contributed by atoms with Crippen LogP contribution in [0.5, 0.6) is 0 Å². The highest BCUT2D eigenvalue weighted by Crippen LogP contribution is 3.00. The van der Waals surface area contributed by atoms with Crippen LogP contribution in [0.4, 0.5) is 0 Å². The van der Waals surface area contributed by atoms with Crippen molar-refractivity contribution < 1.29 is 13.6 Å². The molecule has 0 aliphatic heterocycles. The third-order valence-corrected chi connectivity index (χ3v) is 32.0. The van der Waals surface area contributed by atoms with Crippen LogP contribution < -0.4 is 0 Å². The lowest BCUT2D eigenvalue weighted by Gasteiger charge is -2.37. The standard InChI is InChI=1S/C76H10NO3P/c1-3-79-81(78,80-4-2)74(5-77)75-70-62-53-47-32-23-14-8-6-7-9-13-17-10(6)16-12(8)24-25(23)41-42-33(24)34-26(16)31-27(17)39-35-21(13)22-15(9)20-19-11(7)18(14)28(32)37-29(19)38-30(20)40-36(22)44-43(35)54-50(39)56-45(31)46(34)60-59(42)63(61(62)48(41)47)71(75)69(60)67(56)72-65(54)66-55(44)51(40)58-52(38)57(49(37)53)64(70)68(58)73(66)76(72,74)75/h3-4H2,1-2H3. The van der Waals surface area contributed by atoms with E-state index in [2.05, 4.69) is 6.07 Å². The van der Waals surface area contributed by atoms with Gasteiger partial charge in [-0.2, -0.15) is 5.26 Å². The number of rotatable bonds is 5. The monoisotopic (exact) mass is 1020 g/mol. The summed E-state index contributed by atoms with van der Waals surface area (Å²) in [6.07, 6.45) is 0. The summed E-state index contributed by atoms with van der Waals surface area (Å²) >= 11 is 0. The van der Waals surface area contributed by atoms with Crippen LogP contribution in [0.15, 0.2) is 0 Å². The summed E-state index contributed by atoms with van der Waals surface area (Å²) in [4.78, 5) is 0. The zero-order valence-corrected chi connectivity index (χ0v) is 42.4. The maximum atomic E-state index is 17.9. The molecule has 0 saturated heterocycles. The largest absolute Gasteiger partial charge is 0.353 e. The second kappa shape index (κ2) is 6.89. The van der Waals surface area contributed by atoms with Crippen LogP contribution in [-0.4, -0.2) is 18.4 Å². The van der Waals surface area contributed by atoms with E-state index in [9.17, 15) is 5.26 Å². The van der Waals surface area contributed by atoms with Gasteiger partial charge in [-0.15, -0.1) is 0 Å². The summed E-state index contributed by atoms with van der Waals surface area (Å²) in [7, 11) is -4.39. The zero-order valence-electron chi connectivity index (χ0n) is 41.5. The molecule has 2 spiro atoms. The van der Waals surface area contributed by atoms with E-state index in [1.54, 1.807) is 135 Å². The molecule has 0 radical (unpaired) electrons. The van der Waals surface area contributed by atoms with E-state index in [1.165, 1.54) is 232 Å². The van der Waals surface area contributed by atoms with E-state index >= 15 is 4.57 Å². The van der Waals surface area contributed by atoms with Gasteiger partial charge in [-0.05, 0) is 381 Å². The zero-order chi connectivity index (χ0) is 48.8. The Morgan fingerprint density at radius 1 is 0.247 bits per heavy atom. The van der Waals surface area contributed by atoms with E-state index < -0.39 is 23.6 Å². The van der Waals surface area contributed by atoms with Gasteiger partial charge in [-0.1, -0.05) is 0 Å². The van der Waals surface area contributed by atoms with E-state index in [1.807, 2.05) is 13.8 Å². The molecular formula is C76H10NO3P. The minimum atomic E-state index is -4.39. The molecule has 3 atom stereocenters. The van der Waals surface area contributed by atoms with Crippen LogP contribution in [0.2, 0.25) is 0 Å². The quantitative estimate of drug-likeness (QED) is 0.0979. The van der Waals surface area contributed by atoms with Gasteiger partial charge in [0, 0.05) is 0 Å². The van der Waals surface area contributed by atoms with Crippen molar-refractivity contribution in [3.8, 4) is 6.07 Å². The fourth-order valence-corrected chi connectivity index (χ4v) is 32.3. The second-order valence-corrected chi connectivity index (χ2v) is 31.3. The summed E-state index contributed by atoms with van der Waals surface area (Å²) in [5.41, 5.74) is 3.21. The van der Waals surface area contributed by atoms with Gasteiger partial charge in [-0.25, -0.2) is 0 Å². The number of benzene rings is 22. The molecule has 33 aromatic carbocycles. The highest BCUT2D eigenvalue weighted by molar-refractivity contribution is 7.57. The Bertz CT molecular complexity index is 9100. The fraction of sp³-hybridized carbons (Fsp3) is 0.0921. The van der Waals surface area contributed by atoms with Gasteiger partial charge < -0.3 is 9.05 Å². The molecule has 0 heterocycles. The van der Waals surface area contributed by atoms with Gasteiger partial charge in [0.25, 0.3) is 0 Å². The molecule has 1 saturated carbocycles. The van der Waals surface area contributed by atoms with Crippen molar-refractivity contribution in [2.75, 3.05) is 13.2 Å². The average molecular weight is 1020 g/mol. The van der Waals surface area contributed by atoms with E-state index in [0.717, 1.165) is 0 Å². The third-order valence-electron chi connectivity index (χ3n) is 29.3. The fourth-order valence-electron chi connectivity index (χ4n) is 29.5. The van der Waals surface area contributed by atoms with E-state index in [4.69, 9.17) is 9.05 Å². The van der Waals surface area contributed by atoms with E-state index in [0.29, 0.717) is 0 Å². The van der Waals surface area contributed by atoms with Crippen LogP contribution in [0.3, 0.4) is 0 Å². The molecule has 5 aliphatic rings. The van der Waals surface area contributed by atoms with Gasteiger partial charge in [0.1, 0.15) is 0 Å². The smallest absolute Gasteiger partial charge is 0.308 e. The summed E-state index contributed by atoms with van der Waals surface area (Å²) < 4.78 is 32.1. The van der Waals surface area contributed by atoms with Crippen LogP contribution in [0, 0.1) is 11.3 Å². The molecule has 0 aromatic heterocycles. The summed E-state index contributed by atoms with van der Waals surface area (Å²) in [6.45, 7) is 4.37. The van der Waals surface area contributed by atoms with Crippen molar-refractivity contribution in [1.82, 2.24) is 0 Å². The molecule has 4 nitrogen and oxygen atoms in total. The molecule has 81 heavy (non-hydrogen) atoms. The molecule has 0 N–H and O–H groups in total. The lowest BCUT2D eigenvalue weighted by molar-refractivity contribution is 0.211. The average Bonchev–Trinajstić information content (AvgIpc) is 1.39. The molecule has 38 rings (SSSR count). The molecule has 1 fully saturated rings. The molecule has 0 amide bonds. The van der Waals surface area contributed by atoms with Gasteiger partial charge in [0.05, 0.1) is 30.1 Å². The van der Waals surface area contributed by atoms with Gasteiger partial charge in [0.2, 0.25) is 0 Å². The molecule has 342 valence electrons. The van der Waals surface area contributed by atoms with Crippen molar-refractivity contribution >= 4 is 352 Å². The number of hydrogen-bond donors (Lipinski definition) is 0. The lowest BCUT2D eigenvalue weighted by atomic mass is 9.63. The third kappa shape index (κ3) is 1.59. The first-order chi connectivity index (χ1) is 40.2. The summed E-state index contributed by atoms with van der Waals surface area (Å²) in [5, 5.41) is 109. The van der Waals surface area contributed by atoms with Crippen molar-refractivity contribution in [2.45, 2.75) is 29.8 Å². The molecule has 5 aliphatic carbocycles. The Morgan fingerprint density at radius 3 is 0.481 bits per heavy atom. The Morgan fingerprint density at radius 2 is 0.358 bits per heavy atom. The normalized spacial score (nSPS) is 23.6. The summed E-state index contributed by atoms with van der Waals surface area (Å²) in [5.74, 6) is 0. The number of nitriles is 1. The molecule has 0 bridgehead atoms. The Kier molecular flexibility index (Phi) is 2.63. The first-order valence-electron chi connectivity index (χ1n) is 30.0. The molecular weight excluding hydrogens is 1010 g/mol. The maximum absolute atomic E-state index is 17.9. The molecule has 33 aromatic rings. The lowest BCUT2D eigenvalue weighted by Crippen LogP contribution is -2.30. The Balaban J connectivity index is 1.13. The first-order valence-corrected chi connectivity index (χ1v) is 31.5. The van der Waals surface area contributed by atoms with Crippen molar-refractivity contribution in [3.63, 3.8) is 0 Å². The predicted molar refractivity (Wildman–Crippen MR) is 337 cm³/mol. The van der Waals surface area contributed by atoms with Crippen molar-refractivity contribution in [2.24, 2.45) is 0 Å². The van der Waals surface area contributed by atoms with Crippen LogP contribution >= 0.6 is 7.60 Å². The number of nitrogens with zero attached hydrogens (tertiary/aromatic N) is 1. The first kappa shape index (κ1) is 31.0. The molecule has 5 heteroatoms. The van der Waals surface area contributed by atoms with Gasteiger partial charge in [-0.3, -0.25) is 4.57 Å².